The number of rotatable bonds is 3. The van der Waals surface area contributed by atoms with Crippen molar-refractivity contribution in [2.24, 2.45) is 0 Å². The molecule has 1 aliphatic heterocycles. The fraction of sp³-hybridized carbons (Fsp3) is 0.500. The first-order valence-corrected chi connectivity index (χ1v) is 7.86. The molecule has 2 aromatic heterocycles. The Bertz CT molecular complexity index is 752. The molecular weight excluding hydrogens is 294 g/mol. The topological polar surface area (TPSA) is 79.6 Å². The summed E-state index contributed by atoms with van der Waals surface area (Å²) in [6.07, 6.45) is 2.64. The van der Waals surface area contributed by atoms with Gasteiger partial charge in [-0.15, -0.1) is 10.2 Å². The largest absolute Gasteiger partial charge is 0.350 e. The number of hydrogen-bond donors (Lipinski definition) is 1. The van der Waals surface area contributed by atoms with E-state index in [1.165, 1.54) is 0 Å². The zero-order valence-electron chi connectivity index (χ0n) is 13.6. The van der Waals surface area contributed by atoms with Crippen LogP contribution in [0.1, 0.15) is 49.3 Å². The maximum Gasteiger partial charge on any atom is 0.252 e. The van der Waals surface area contributed by atoms with E-state index in [2.05, 4.69) is 15.5 Å². The number of amides is 2. The van der Waals surface area contributed by atoms with E-state index in [9.17, 15) is 9.59 Å². The van der Waals surface area contributed by atoms with Crippen LogP contribution in [-0.2, 0) is 4.79 Å². The first-order valence-electron chi connectivity index (χ1n) is 7.86. The molecule has 2 aromatic rings. The zero-order valence-corrected chi connectivity index (χ0v) is 13.6. The summed E-state index contributed by atoms with van der Waals surface area (Å²) in [6, 6.07) is 3.63. The highest BCUT2D eigenvalue weighted by Gasteiger charge is 2.29. The lowest BCUT2D eigenvalue weighted by molar-refractivity contribution is -0.127. The van der Waals surface area contributed by atoms with Crippen LogP contribution in [0.3, 0.4) is 0 Å². The molecule has 3 heterocycles. The van der Waals surface area contributed by atoms with Crippen molar-refractivity contribution >= 4 is 17.5 Å². The number of nitrogens with one attached hydrogen (secondary N) is 1. The van der Waals surface area contributed by atoms with E-state index in [0.717, 1.165) is 18.8 Å². The number of hydrogen-bond acceptors (Lipinski definition) is 4. The highest BCUT2D eigenvalue weighted by atomic mass is 16.2. The summed E-state index contributed by atoms with van der Waals surface area (Å²) in [5.41, 5.74) is 1.29. The van der Waals surface area contributed by atoms with Gasteiger partial charge in [0, 0.05) is 38.2 Å². The van der Waals surface area contributed by atoms with Crippen molar-refractivity contribution in [2.75, 3.05) is 13.1 Å². The molecule has 0 saturated carbocycles. The first-order chi connectivity index (χ1) is 11.0. The minimum absolute atomic E-state index is 0.0811. The molecule has 1 saturated heterocycles. The third-order valence-corrected chi connectivity index (χ3v) is 4.11. The lowest BCUT2D eigenvalue weighted by Crippen LogP contribution is -2.30. The summed E-state index contributed by atoms with van der Waals surface area (Å²) in [5, 5.41) is 11.3. The molecule has 1 fully saturated rings. The van der Waals surface area contributed by atoms with Gasteiger partial charge in [-0.2, -0.15) is 0 Å². The lowest BCUT2D eigenvalue weighted by Gasteiger charge is -2.13. The van der Waals surface area contributed by atoms with Gasteiger partial charge in [-0.05, 0) is 32.4 Å². The van der Waals surface area contributed by atoms with E-state index in [0.29, 0.717) is 17.8 Å². The molecule has 1 N–H and O–H groups in total. The smallest absolute Gasteiger partial charge is 0.252 e. The van der Waals surface area contributed by atoms with Crippen LogP contribution in [0.5, 0.6) is 0 Å². The molecule has 23 heavy (non-hydrogen) atoms. The molecule has 1 aliphatic rings. The number of fused-ring (bicyclic) bond motifs is 1. The van der Waals surface area contributed by atoms with Crippen molar-refractivity contribution in [1.82, 2.24) is 24.8 Å². The first kappa shape index (κ1) is 15.5. The fourth-order valence-electron chi connectivity index (χ4n) is 2.92. The van der Waals surface area contributed by atoms with Crippen LogP contribution in [0.2, 0.25) is 0 Å². The predicted molar refractivity (Wildman–Crippen MR) is 85.2 cm³/mol. The van der Waals surface area contributed by atoms with Crippen molar-refractivity contribution in [3.05, 3.63) is 29.7 Å². The van der Waals surface area contributed by atoms with Gasteiger partial charge < -0.3 is 10.2 Å². The second-order valence-corrected chi connectivity index (χ2v) is 6.28. The minimum atomic E-state index is -0.113. The lowest BCUT2D eigenvalue weighted by atomic mass is 10.1. The molecule has 2 amide bonds. The molecule has 122 valence electrons. The molecule has 0 aromatic carbocycles. The molecule has 7 nitrogen and oxygen atoms in total. The number of carbonyl (C=O) groups excluding carboxylic acids is 2. The van der Waals surface area contributed by atoms with Gasteiger partial charge in [-0.3, -0.25) is 14.0 Å². The molecular formula is C16H21N5O2. The molecule has 3 rings (SSSR count). The Morgan fingerprint density at radius 2 is 2.09 bits per heavy atom. The summed E-state index contributed by atoms with van der Waals surface area (Å²) in [6.45, 7) is 6.82. The summed E-state index contributed by atoms with van der Waals surface area (Å²) in [5.74, 6) is 0.928. The molecule has 0 aliphatic carbocycles. The van der Waals surface area contributed by atoms with Gasteiger partial charge in [-0.1, -0.05) is 0 Å². The van der Waals surface area contributed by atoms with Gasteiger partial charge >= 0.3 is 0 Å². The molecule has 1 atom stereocenters. The van der Waals surface area contributed by atoms with Crippen molar-refractivity contribution in [2.45, 2.75) is 39.2 Å². The Balaban J connectivity index is 1.90. The van der Waals surface area contributed by atoms with E-state index in [1.54, 1.807) is 25.3 Å². The van der Waals surface area contributed by atoms with Crippen molar-refractivity contribution < 1.29 is 9.59 Å². The molecule has 0 bridgehead atoms. The molecule has 0 spiro atoms. The summed E-state index contributed by atoms with van der Waals surface area (Å²) in [7, 11) is 0. The van der Waals surface area contributed by atoms with E-state index in [4.69, 9.17) is 0 Å². The van der Waals surface area contributed by atoms with Gasteiger partial charge in [-0.25, -0.2) is 0 Å². The Kier molecular flexibility index (Phi) is 4.02. The highest BCUT2D eigenvalue weighted by Crippen LogP contribution is 2.26. The third kappa shape index (κ3) is 3.04. The number of likely N-dealkylation sites (tertiary alicyclic amines) is 1. The quantitative estimate of drug-likeness (QED) is 0.923. The van der Waals surface area contributed by atoms with Crippen LogP contribution in [0.25, 0.3) is 5.65 Å². The van der Waals surface area contributed by atoms with Gasteiger partial charge in [0.1, 0.15) is 5.82 Å². The number of carbonyl (C=O) groups is 2. The Labute approximate surface area is 134 Å². The average molecular weight is 315 g/mol. The Morgan fingerprint density at radius 1 is 1.30 bits per heavy atom. The Morgan fingerprint density at radius 3 is 2.74 bits per heavy atom. The van der Waals surface area contributed by atoms with Crippen LogP contribution in [0.15, 0.2) is 18.3 Å². The van der Waals surface area contributed by atoms with Crippen LogP contribution >= 0.6 is 0 Å². The van der Waals surface area contributed by atoms with Gasteiger partial charge in [0.2, 0.25) is 5.91 Å². The van der Waals surface area contributed by atoms with E-state index < -0.39 is 0 Å². The van der Waals surface area contributed by atoms with E-state index in [-0.39, 0.29) is 23.8 Å². The van der Waals surface area contributed by atoms with E-state index in [1.807, 2.05) is 23.1 Å². The fourth-order valence-corrected chi connectivity index (χ4v) is 2.92. The Hall–Kier alpha value is -2.44. The summed E-state index contributed by atoms with van der Waals surface area (Å²) >= 11 is 0. The summed E-state index contributed by atoms with van der Waals surface area (Å²) < 4.78 is 1.86. The van der Waals surface area contributed by atoms with Crippen LogP contribution in [-0.4, -0.2) is 50.4 Å². The number of pyridine rings is 1. The predicted octanol–water partition coefficient (Wildman–Crippen LogP) is 1.20. The van der Waals surface area contributed by atoms with Crippen LogP contribution in [0, 0.1) is 0 Å². The standard InChI is InChI=1S/C16H21N5O2/c1-10(2)17-16(23)13-4-5-14-18-19-15(21(14)9-13)12-6-7-20(8-12)11(3)22/h4-5,9-10,12H,6-8H2,1-3H3,(H,17,23)/t12-/m0/s1. The minimum Gasteiger partial charge on any atom is -0.350 e. The number of nitrogens with zero attached hydrogens (tertiary/aromatic N) is 4. The number of aromatic nitrogens is 3. The van der Waals surface area contributed by atoms with Gasteiger partial charge in [0.15, 0.2) is 5.65 Å². The van der Waals surface area contributed by atoms with Crippen molar-refractivity contribution in [3.63, 3.8) is 0 Å². The second-order valence-electron chi connectivity index (χ2n) is 6.28. The van der Waals surface area contributed by atoms with Crippen molar-refractivity contribution in [1.29, 1.82) is 0 Å². The zero-order chi connectivity index (χ0) is 16.6. The van der Waals surface area contributed by atoms with Crippen molar-refractivity contribution in [3.8, 4) is 0 Å². The monoisotopic (exact) mass is 315 g/mol. The molecule has 0 radical (unpaired) electrons. The van der Waals surface area contributed by atoms with Gasteiger partial charge in [0.05, 0.1) is 5.56 Å². The maximum absolute atomic E-state index is 12.2. The maximum atomic E-state index is 12.2. The third-order valence-electron chi connectivity index (χ3n) is 4.11. The SMILES string of the molecule is CC(=O)N1CC[C@H](c2nnc3ccc(C(=O)NC(C)C)cn23)C1. The summed E-state index contributed by atoms with van der Waals surface area (Å²) in [4.78, 5) is 25.5. The molecule has 7 heteroatoms. The highest BCUT2D eigenvalue weighted by molar-refractivity contribution is 5.94. The van der Waals surface area contributed by atoms with E-state index >= 15 is 0 Å². The molecule has 0 unspecified atom stereocenters. The van der Waals surface area contributed by atoms with Crippen LogP contribution < -0.4 is 5.32 Å². The average Bonchev–Trinajstić information content (AvgIpc) is 3.12. The van der Waals surface area contributed by atoms with Gasteiger partial charge in [0.25, 0.3) is 5.91 Å². The second kappa shape index (κ2) is 5.98. The van der Waals surface area contributed by atoms with Crippen LogP contribution in [0.4, 0.5) is 0 Å². The normalized spacial score (nSPS) is 17.9.